The summed E-state index contributed by atoms with van der Waals surface area (Å²) in [6.07, 6.45) is 3.01. The zero-order valence-electron chi connectivity index (χ0n) is 18.1. The van der Waals surface area contributed by atoms with Crippen LogP contribution >= 0.6 is 23.4 Å². The maximum absolute atomic E-state index is 12.6. The Kier molecular flexibility index (Phi) is 8.35. The molecule has 1 aliphatic heterocycles. The molecule has 1 aromatic heterocycles. The number of furan rings is 1. The third-order valence-corrected chi connectivity index (χ3v) is 5.81. The van der Waals surface area contributed by atoms with Gasteiger partial charge in [0.15, 0.2) is 0 Å². The maximum Gasteiger partial charge on any atom is 0.339 e. The Balaban J connectivity index is 1.73. The number of amides is 2. The van der Waals surface area contributed by atoms with Gasteiger partial charge >= 0.3 is 11.9 Å². The molecule has 0 radical (unpaired) electrons. The molecule has 2 amide bonds. The van der Waals surface area contributed by atoms with Crippen LogP contribution in [0.5, 0.6) is 0 Å². The Bertz CT molecular complexity index is 1110. The van der Waals surface area contributed by atoms with Crippen molar-refractivity contribution in [1.29, 1.82) is 0 Å². The summed E-state index contributed by atoms with van der Waals surface area (Å²) in [7, 11) is 0. The predicted molar refractivity (Wildman–Crippen MR) is 124 cm³/mol. The van der Waals surface area contributed by atoms with Gasteiger partial charge in [0.1, 0.15) is 18.1 Å². The Labute approximate surface area is 199 Å². The first kappa shape index (κ1) is 24.6. The minimum atomic E-state index is -0.632. The second-order valence-corrected chi connectivity index (χ2v) is 8.36. The fourth-order valence-electron chi connectivity index (χ4n) is 2.90. The van der Waals surface area contributed by atoms with Crippen molar-refractivity contribution in [2.45, 2.75) is 26.7 Å². The van der Waals surface area contributed by atoms with Crippen LogP contribution in [0.3, 0.4) is 0 Å². The van der Waals surface area contributed by atoms with E-state index in [4.69, 9.17) is 25.5 Å². The number of esters is 2. The van der Waals surface area contributed by atoms with Crippen molar-refractivity contribution < 1.29 is 33.1 Å². The summed E-state index contributed by atoms with van der Waals surface area (Å²) in [6.45, 7) is 3.69. The van der Waals surface area contributed by atoms with Crippen LogP contribution in [-0.4, -0.2) is 47.7 Å². The summed E-state index contributed by atoms with van der Waals surface area (Å²) in [5.41, 5.74) is 0.797. The third kappa shape index (κ3) is 6.06. The molecule has 0 spiro atoms. The van der Waals surface area contributed by atoms with Crippen molar-refractivity contribution in [3.05, 3.63) is 51.6 Å². The van der Waals surface area contributed by atoms with Crippen molar-refractivity contribution >= 4 is 52.5 Å². The highest BCUT2D eigenvalue weighted by Crippen LogP contribution is 2.34. The summed E-state index contributed by atoms with van der Waals surface area (Å²) in [5.74, 6) is -1.01. The lowest BCUT2D eigenvalue weighted by molar-refractivity contribution is -0.146. The minimum absolute atomic E-state index is 0.130. The molecule has 2 aromatic rings. The average Bonchev–Trinajstić information content (AvgIpc) is 3.35. The number of carbonyl (C=O) groups is 4. The molecule has 0 unspecified atom stereocenters. The van der Waals surface area contributed by atoms with Gasteiger partial charge in [-0.3, -0.25) is 19.3 Å². The molecule has 3 rings (SSSR count). The van der Waals surface area contributed by atoms with E-state index >= 15 is 0 Å². The van der Waals surface area contributed by atoms with E-state index in [-0.39, 0.29) is 28.7 Å². The zero-order valence-corrected chi connectivity index (χ0v) is 19.7. The first-order valence-corrected chi connectivity index (χ1v) is 11.5. The summed E-state index contributed by atoms with van der Waals surface area (Å²) < 4.78 is 15.8. The number of benzene rings is 1. The number of imide groups is 1. The molecule has 0 N–H and O–H groups in total. The summed E-state index contributed by atoms with van der Waals surface area (Å²) in [6, 6.07) is 8.10. The number of carbonyl (C=O) groups excluding carboxylic acids is 4. The van der Waals surface area contributed by atoms with E-state index in [0.717, 1.165) is 23.1 Å². The number of nitrogens with zero attached hydrogens (tertiary/aromatic N) is 1. The lowest BCUT2D eigenvalue weighted by Gasteiger charge is -2.11. The van der Waals surface area contributed by atoms with Gasteiger partial charge in [0.2, 0.25) is 0 Å². The predicted octanol–water partition coefficient (Wildman–Crippen LogP) is 5.16. The van der Waals surface area contributed by atoms with Gasteiger partial charge in [0, 0.05) is 11.6 Å². The van der Waals surface area contributed by atoms with Crippen molar-refractivity contribution in [2.24, 2.45) is 0 Å². The van der Waals surface area contributed by atoms with Gasteiger partial charge in [0.25, 0.3) is 11.1 Å². The van der Waals surface area contributed by atoms with Gasteiger partial charge in [-0.1, -0.05) is 24.9 Å². The number of rotatable bonds is 9. The van der Waals surface area contributed by atoms with Gasteiger partial charge < -0.3 is 13.9 Å². The minimum Gasteiger partial charge on any atom is -0.464 e. The van der Waals surface area contributed by atoms with Crippen LogP contribution < -0.4 is 0 Å². The van der Waals surface area contributed by atoms with E-state index in [9.17, 15) is 19.2 Å². The maximum atomic E-state index is 12.6. The van der Waals surface area contributed by atoms with Crippen molar-refractivity contribution in [3.8, 4) is 11.3 Å². The summed E-state index contributed by atoms with van der Waals surface area (Å²) in [4.78, 5) is 49.7. The highest BCUT2D eigenvalue weighted by atomic mass is 35.5. The van der Waals surface area contributed by atoms with Crippen molar-refractivity contribution in [1.82, 2.24) is 4.90 Å². The molecule has 10 heteroatoms. The first-order chi connectivity index (χ1) is 15.8. The van der Waals surface area contributed by atoms with Crippen molar-refractivity contribution in [2.75, 3.05) is 19.8 Å². The number of hydrogen-bond acceptors (Lipinski definition) is 8. The molecule has 33 heavy (non-hydrogen) atoms. The topological polar surface area (TPSA) is 103 Å². The fraction of sp³-hybridized carbons (Fsp3) is 0.304. The normalized spacial score (nSPS) is 14.8. The highest BCUT2D eigenvalue weighted by molar-refractivity contribution is 8.18. The summed E-state index contributed by atoms with van der Waals surface area (Å²) >= 11 is 6.81. The van der Waals surface area contributed by atoms with E-state index in [1.54, 1.807) is 37.3 Å². The molecule has 0 atom stereocenters. The molecule has 0 bridgehead atoms. The molecule has 8 nitrogen and oxygen atoms in total. The number of unbranched alkanes of at least 4 members (excludes halogenated alkanes) is 1. The fourth-order valence-corrected chi connectivity index (χ4v) is 3.91. The van der Waals surface area contributed by atoms with E-state index in [2.05, 4.69) is 0 Å². The molecule has 1 aromatic carbocycles. The molecule has 174 valence electrons. The van der Waals surface area contributed by atoms with Crippen LogP contribution in [0.4, 0.5) is 4.79 Å². The Morgan fingerprint density at radius 3 is 2.67 bits per heavy atom. The van der Waals surface area contributed by atoms with E-state index in [1.807, 2.05) is 6.92 Å². The van der Waals surface area contributed by atoms with Crippen LogP contribution in [0.15, 0.2) is 39.7 Å². The number of hydrogen-bond donors (Lipinski definition) is 0. The number of halogens is 1. The highest BCUT2D eigenvalue weighted by Gasteiger charge is 2.37. The van der Waals surface area contributed by atoms with Gasteiger partial charge in [-0.2, -0.15) is 0 Å². The van der Waals surface area contributed by atoms with Gasteiger partial charge in [-0.25, -0.2) is 4.79 Å². The van der Waals surface area contributed by atoms with Crippen LogP contribution in [-0.2, 0) is 19.1 Å². The average molecular weight is 492 g/mol. The SMILES string of the molecule is CCCCOC(=O)CN1C(=O)S/C(=C/c2ccc(-c3ccc(Cl)c(C(=O)OCC)c3)o2)C1=O. The van der Waals surface area contributed by atoms with Crippen molar-refractivity contribution in [3.63, 3.8) is 0 Å². The lowest BCUT2D eigenvalue weighted by atomic mass is 10.1. The molecule has 1 aliphatic rings. The van der Waals surface area contributed by atoms with E-state index in [1.165, 1.54) is 6.08 Å². The van der Waals surface area contributed by atoms with E-state index < -0.39 is 29.6 Å². The van der Waals surface area contributed by atoms with Crippen LogP contribution in [0.1, 0.15) is 42.8 Å². The lowest BCUT2D eigenvalue weighted by Crippen LogP contribution is -2.34. The molecule has 0 aliphatic carbocycles. The molecule has 1 fully saturated rings. The van der Waals surface area contributed by atoms with Crippen LogP contribution in [0, 0.1) is 0 Å². The monoisotopic (exact) mass is 491 g/mol. The second kappa shape index (κ2) is 11.2. The Morgan fingerprint density at radius 1 is 1.15 bits per heavy atom. The quantitative estimate of drug-likeness (QED) is 0.269. The van der Waals surface area contributed by atoms with Gasteiger partial charge in [-0.05, 0) is 55.4 Å². The molecule has 0 saturated carbocycles. The Hall–Kier alpha value is -3.04. The molecule has 1 saturated heterocycles. The van der Waals surface area contributed by atoms with Gasteiger partial charge in [0.05, 0.1) is 28.7 Å². The standard InChI is InChI=1S/C23H22ClNO7S/c1-3-5-10-31-20(26)13-25-21(27)19(33-23(25)29)12-15-7-9-18(32-15)14-6-8-17(24)16(11-14)22(28)30-4-2/h6-9,11-12H,3-5,10,13H2,1-2H3/b19-12+. The van der Waals surface area contributed by atoms with E-state index in [0.29, 0.717) is 23.5 Å². The second-order valence-electron chi connectivity index (χ2n) is 6.96. The van der Waals surface area contributed by atoms with Crippen LogP contribution in [0.2, 0.25) is 5.02 Å². The molecular formula is C23H22ClNO7S. The first-order valence-electron chi connectivity index (χ1n) is 10.3. The number of ether oxygens (including phenoxy) is 2. The molecule has 2 heterocycles. The largest absolute Gasteiger partial charge is 0.464 e. The number of thioether (sulfide) groups is 1. The van der Waals surface area contributed by atoms with Crippen LogP contribution in [0.25, 0.3) is 17.4 Å². The Morgan fingerprint density at radius 2 is 1.94 bits per heavy atom. The third-order valence-electron chi connectivity index (χ3n) is 4.57. The molecular weight excluding hydrogens is 470 g/mol. The van der Waals surface area contributed by atoms with Gasteiger partial charge in [-0.15, -0.1) is 0 Å². The summed E-state index contributed by atoms with van der Waals surface area (Å²) in [5, 5.41) is -0.298. The smallest absolute Gasteiger partial charge is 0.339 e. The zero-order chi connectivity index (χ0) is 24.0.